The zero-order valence-electron chi connectivity index (χ0n) is 15.1. The molecule has 1 aliphatic heterocycles. The second-order valence-electron chi connectivity index (χ2n) is 7.11. The van der Waals surface area contributed by atoms with E-state index in [4.69, 9.17) is 4.74 Å². The largest absolute Gasteiger partial charge is 0.359 e. The number of aromatic nitrogens is 1. The number of hydrogen-bond donors (Lipinski definition) is 2. The Bertz CT molecular complexity index is 859. The van der Waals surface area contributed by atoms with Gasteiger partial charge in [-0.1, -0.05) is 0 Å². The second-order valence-corrected chi connectivity index (χ2v) is 7.11. The van der Waals surface area contributed by atoms with Crippen molar-refractivity contribution >= 4 is 17.3 Å². The molecular formula is C19H20F3N3O2. The number of carbonyl (C=O) groups excluding carboxylic acids is 1. The zero-order chi connectivity index (χ0) is 19.9. The first kappa shape index (κ1) is 19.2. The van der Waals surface area contributed by atoms with Crippen molar-refractivity contribution in [3.8, 4) is 0 Å². The molecule has 1 fully saturated rings. The molecule has 1 saturated heterocycles. The summed E-state index contributed by atoms with van der Waals surface area (Å²) in [5.41, 5.74) is -3.64. The molecule has 0 unspecified atom stereocenters. The average Bonchev–Trinajstić information content (AvgIpc) is 2.67. The van der Waals surface area contributed by atoms with Gasteiger partial charge in [-0.2, -0.15) is 0 Å². The number of pyridine rings is 1. The fourth-order valence-corrected chi connectivity index (χ4v) is 3.16. The van der Waals surface area contributed by atoms with Crippen LogP contribution in [0.25, 0.3) is 0 Å². The monoisotopic (exact) mass is 379 g/mol. The van der Waals surface area contributed by atoms with Gasteiger partial charge in [-0.05, 0) is 51.1 Å². The standard InChI is InChI=1S/C19H20F3N3O2/c1-17(2)19(21,22)18(3,25-16(26)11-27-17)14-9-12(6-7-15(14)20)24-13-5-4-8-23-10-13/h4-10,24H,11H2,1-3H3,(H,25,26)/t18-/m1/s1. The highest BCUT2D eigenvalue weighted by atomic mass is 19.3. The van der Waals surface area contributed by atoms with Crippen LogP contribution in [0, 0.1) is 5.82 Å². The fraction of sp³-hybridized carbons (Fsp3) is 0.368. The number of ether oxygens (including phenoxy) is 1. The number of anilines is 2. The Kier molecular flexibility index (Phi) is 4.63. The quantitative estimate of drug-likeness (QED) is 0.853. The van der Waals surface area contributed by atoms with Gasteiger partial charge in [0.2, 0.25) is 5.91 Å². The minimum Gasteiger partial charge on any atom is -0.359 e. The molecule has 8 heteroatoms. The predicted molar refractivity (Wildman–Crippen MR) is 94.4 cm³/mol. The second kappa shape index (κ2) is 6.53. The molecule has 1 aromatic heterocycles. The lowest BCUT2D eigenvalue weighted by Gasteiger charge is -2.43. The number of rotatable bonds is 3. The first-order valence-electron chi connectivity index (χ1n) is 8.37. The number of nitrogens with one attached hydrogen (secondary N) is 2. The highest BCUT2D eigenvalue weighted by Gasteiger charge is 2.64. The molecule has 5 nitrogen and oxygen atoms in total. The van der Waals surface area contributed by atoms with Gasteiger partial charge >= 0.3 is 5.92 Å². The first-order valence-corrected chi connectivity index (χ1v) is 8.37. The summed E-state index contributed by atoms with van der Waals surface area (Å²) in [7, 11) is 0. The molecule has 0 spiro atoms. The van der Waals surface area contributed by atoms with Crippen molar-refractivity contribution in [3.05, 3.63) is 54.1 Å². The van der Waals surface area contributed by atoms with Crippen LogP contribution >= 0.6 is 0 Å². The number of halogens is 3. The van der Waals surface area contributed by atoms with Crippen LogP contribution in [-0.2, 0) is 15.1 Å². The predicted octanol–water partition coefficient (Wildman–Crippen LogP) is 3.74. The van der Waals surface area contributed by atoms with E-state index in [1.807, 2.05) is 0 Å². The van der Waals surface area contributed by atoms with Crippen LogP contribution in [0.4, 0.5) is 24.5 Å². The van der Waals surface area contributed by atoms with Gasteiger partial charge in [0, 0.05) is 17.4 Å². The van der Waals surface area contributed by atoms with Crippen molar-refractivity contribution in [2.24, 2.45) is 0 Å². The maximum Gasteiger partial charge on any atom is 0.302 e. The number of hydrogen-bond acceptors (Lipinski definition) is 4. The van der Waals surface area contributed by atoms with E-state index >= 15 is 8.78 Å². The fourth-order valence-electron chi connectivity index (χ4n) is 3.16. The van der Waals surface area contributed by atoms with Crippen LogP contribution < -0.4 is 10.6 Å². The molecule has 0 aliphatic carbocycles. The van der Waals surface area contributed by atoms with E-state index in [0.29, 0.717) is 11.4 Å². The summed E-state index contributed by atoms with van der Waals surface area (Å²) in [5, 5.41) is 5.24. The Balaban J connectivity index is 2.09. The maximum absolute atomic E-state index is 15.4. The molecule has 2 N–H and O–H groups in total. The van der Waals surface area contributed by atoms with E-state index < -0.39 is 35.4 Å². The minimum atomic E-state index is -3.60. The van der Waals surface area contributed by atoms with Crippen molar-refractivity contribution in [1.29, 1.82) is 0 Å². The number of amides is 1. The summed E-state index contributed by atoms with van der Waals surface area (Å²) in [6, 6.07) is 7.20. The number of alkyl halides is 2. The maximum atomic E-state index is 15.4. The molecule has 0 bridgehead atoms. The highest BCUT2D eigenvalue weighted by Crippen LogP contribution is 2.48. The Morgan fingerprint density at radius 3 is 2.59 bits per heavy atom. The third-order valence-corrected chi connectivity index (χ3v) is 4.79. The average molecular weight is 379 g/mol. The Hall–Kier alpha value is -2.61. The molecule has 0 saturated carbocycles. The van der Waals surface area contributed by atoms with Gasteiger partial charge in [-0.3, -0.25) is 9.78 Å². The van der Waals surface area contributed by atoms with E-state index in [-0.39, 0.29) is 5.56 Å². The van der Waals surface area contributed by atoms with Crippen LogP contribution in [0.2, 0.25) is 0 Å². The summed E-state index contributed by atoms with van der Waals surface area (Å²) >= 11 is 0. The highest BCUT2D eigenvalue weighted by molar-refractivity contribution is 5.79. The summed E-state index contributed by atoms with van der Waals surface area (Å²) < 4.78 is 50.4. The molecule has 1 aliphatic rings. The Labute approximate surface area is 154 Å². The molecule has 1 atom stereocenters. The molecule has 27 heavy (non-hydrogen) atoms. The SMILES string of the molecule is CC1(C)OCC(=O)N[C@](C)(c2cc(Nc3cccnc3)ccc2F)C1(F)F. The van der Waals surface area contributed by atoms with E-state index in [1.165, 1.54) is 26.0 Å². The third kappa shape index (κ3) is 3.25. The molecule has 2 aromatic rings. The lowest BCUT2D eigenvalue weighted by Crippen LogP contribution is -2.62. The van der Waals surface area contributed by atoms with Gasteiger partial charge in [0.25, 0.3) is 0 Å². The van der Waals surface area contributed by atoms with Gasteiger partial charge in [0.15, 0.2) is 0 Å². The number of carbonyl (C=O) groups is 1. The molecule has 144 valence electrons. The van der Waals surface area contributed by atoms with Gasteiger partial charge in [-0.15, -0.1) is 0 Å². The first-order chi connectivity index (χ1) is 12.6. The summed E-state index contributed by atoms with van der Waals surface area (Å²) in [5.74, 6) is -5.19. The van der Waals surface area contributed by atoms with Crippen molar-refractivity contribution < 1.29 is 22.7 Å². The zero-order valence-corrected chi connectivity index (χ0v) is 15.1. The van der Waals surface area contributed by atoms with Crippen molar-refractivity contribution in [2.75, 3.05) is 11.9 Å². The summed E-state index contributed by atoms with van der Waals surface area (Å²) in [4.78, 5) is 16.0. The van der Waals surface area contributed by atoms with Gasteiger partial charge < -0.3 is 15.4 Å². The van der Waals surface area contributed by atoms with E-state index in [9.17, 15) is 9.18 Å². The minimum absolute atomic E-state index is 0.340. The van der Waals surface area contributed by atoms with E-state index in [1.54, 1.807) is 24.5 Å². The molecule has 2 heterocycles. The van der Waals surface area contributed by atoms with Gasteiger partial charge in [0.05, 0.1) is 11.9 Å². The number of benzene rings is 1. The number of nitrogens with zero attached hydrogens (tertiary/aromatic N) is 1. The molecule has 3 rings (SSSR count). The van der Waals surface area contributed by atoms with Crippen molar-refractivity contribution in [2.45, 2.75) is 37.8 Å². The van der Waals surface area contributed by atoms with Crippen molar-refractivity contribution in [3.63, 3.8) is 0 Å². The van der Waals surface area contributed by atoms with Gasteiger partial charge in [-0.25, -0.2) is 13.2 Å². The third-order valence-electron chi connectivity index (χ3n) is 4.79. The summed E-state index contributed by atoms with van der Waals surface area (Å²) in [6.45, 7) is 2.93. The topological polar surface area (TPSA) is 63.2 Å². The van der Waals surface area contributed by atoms with Crippen LogP contribution in [0.5, 0.6) is 0 Å². The molecular weight excluding hydrogens is 359 g/mol. The van der Waals surface area contributed by atoms with Crippen LogP contribution in [0.1, 0.15) is 26.3 Å². The lowest BCUT2D eigenvalue weighted by atomic mass is 9.77. The Morgan fingerprint density at radius 2 is 1.93 bits per heavy atom. The molecule has 0 radical (unpaired) electrons. The van der Waals surface area contributed by atoms with Crippen LogP contribution in [0.3, 0.4) is 0 Å². The van der Waals surface area contributed by atoms with Gasteiger partial charge in [0.1, 0.15) is 23.6 Å². The normalized spacial score (nSPS) is 24.0. The van der Waals surface area contributed by atoms with E-state index in [0.717, 1.165) is 13.0 Å². The van der Waals surface area contributed by atoms with E-state index in [2.05, 4.69) is 15.6 Å². The molecule has 1 aromatic carbocycles. The van der Waals surface area contributed by atoms with Crippen molar-refractivity contribution in [1.82, 2.24) is 10.3 Å². The lowest BCUT2D eigenvalue weighted by molar-refractivity contribution is -0.216. The molecule has 1 amide bonds. The smallest absolute Gasteiger partial charge is 0.302 e. The Morgan fingerprint density at radius 1 is 1.19 bits per heavy atom. The van der Waals surface area contributed by atoms with Crippen LogP contribution in [0.15, 0.2) is 42.7 Å². The van der Waals surface area contributed by atoms with Crippen LogP contribution in [-0.4, -0.2) is 29.0 Å². The summed E-state index contributed by atoms with van der Waals surface area (Å²) in [6.07, 6.45) is 3.13.